The molecular weight excluding hydrogens is 384 g/mol. The molecule has 1 aromatic heterocycles. The van der Waals surface area contributed by atoms with Gasteiger partial charge in [-0.25, -0.2) is 4.79 Å². The lowest BCUT2D eigenvalue weighted by molar-refractivity contribution is 0.293. The molecule has 0 aliphatic rings. The fourth-order valence-electron chi connectivity index (χ4n) is 2.52. The second-order valence-corrected chi connectivity index (χ2v) is 6.48. The molecule has 3 aromatic rings. The van der Waals surface area contributed by atoms with Crippen molar-refractivity contribution in [2.75, 3.05) is 6.61 Å². The van der Waals surface area contributed by atoms with Crippen molar-refractivity contribution in [2.45, 2.75) is 13.0 Å². The zero-order valence-corrected chi connectivity index (χ0v) is 15.0. The maximum Gasteiger partial charge on any atom is 0.328 e. The third-order valence-corrected chi connectivity index (χ3v) is 4.24. The number of hydrogen-bond donors (Lipinski definition) is 1. The quantitative estimate of drug-likeness (QED) is 0.691. The number of ether oxygens (including phenoxy) is 1. The van der Waals surface area contributed by atoms with Crippen LogP contribution in [0.1, 0.15) is 11.1 Å². The molecule has 0 amide bonds. The summed E-state index contributed by atoms with van der Waals surface area (Å²) in [5.41, 5.74) is 1.42. The van der Waals surface area contributed by atoms with Crippen molar-refractivity contribution in [1.82, 2.24) is 9.55 Å². The minimum Gasteiger partial charge on any atom is -0.491 e. The number of hydrogen-bond acceptors (Lipinski definition) is 3. The van der Waals surface area contributed by atoms with Crippen molar-refractivity contribution in [1.29, 1.82) is 0 Å². The van der Waals surface area contributed by atoms with Crippen LogP contribution in [-0.2, 0) is 13.0 Å². The highest BCUT2D eigenvalue weighted by Gasteiger charge is 2.07. The van der Waals surface area contributed by atoms with E-state index in [0.29, 0.717) is 13.2 Å². The van der Waals surface area contributed by atoms with Crippen LogP contribution in [0.5, 0.6) is 5.75 Å². The van der Waals surface area contributed by atoms with E-state index in [1.165, 1.54) is 22.4 Å². The van der Waals surface area contributed by atoms with Gasteiger partial charge in [-0.3, -0.25) is 14.3 Å². The summed E-state index contributed by atoms with van der Waals surface area (Å²) in [4.78, 5) is 25.0. The molecule has 0 bridgehead atoms. The molecule has 0 radical (unpaired) electrons. The van der Waals surface area contributed by atoms with Gasteiger partial charge in [-0.05, 0) is 29.3 Å². The van der Waals surface area contributed by atoms with Gasteiger partial charge in [-0.1, -0.05) is 46.3 Å². The number of aromatic nitrogens is 2. The van der Waals surface area contributed by atoms with Crippen LogP contribution >= 0.6 is 15.9 Å². The van der Waals surface area contributed by atoms with Crippen LogP contribution in [0.4, 0.5) is 0 Å². The highest BCUT2D eigenvalue weighted by Crippen LogP contribution is 2.25. The van der Waals surface area contributed by atoms with Crippen molar-refractivity contribution in [3.63, 3.8) is 0 Å². The van der Waals surface area contributed by atoms with Crippen molar-refractivity contribution >= 4 is 15.9 Å². The zero-order valence-electron chi connectivity index (χ0n) is 13.4. The number of nitrogens with zero attached hydrogens (tertiary/aromatic N) is 1. The average Bonchev–Trinajstić information content (AvgIpc) is 2.59. The molecule has 3 rings (SSSR count). The van der Waals surface area contributed by atoms with Gasteiger partial charge in [0.15, 0.2) is 0 Å². The fraction of sp³-hybridized carbons (Fsp3) is 0.158. The summed E-state index contributed by atoms with van der Waals surface area (Å²) < 4.78 is 8.28. The summed E-state index contributed by atoms with van der Waals surface area (Å²) in [6.07, 6.45) is 2.23. The SMILES string of the molecule is O=c1ccn(CCOc2ccc(Br)cc2Cc2ccccc2)c(=O)[nH]1. The molecule has 5 nitrogen and oxygen atoms in total. The summed E-state index contributed by atoms with van der Waals surface area (Å²) in [6, 6.07) is 17.4. The van der Waals surface area contributed by atoms with Gasteiger partial charge in [0.2, 0.25) is 0 Å². The fourth-order valence-corrected chi connectivity index (χ4v) is 2.93. The first-order chi connectivity index (χ1) is 12.1. The van der Waals surface area contributed by atoms with Crippen molar-refractivity contribution in [2.24, 2.45) is 0 Å². The lowest BCUT2D eigenvalue weighted by Crippen LogP contribution is -2.30. The zero-order chi connectivity index (χ0) is 17.6. The Morgan fingerprint density at radius 3 is 2.60 bits per heavy atom. The Bertz CT molecular complexity index is 964. The second kappa shape index (κ2) is 7.98. The lowest BCUT2D eigenvalue weighted by atomic mass is 10.0. The van der Waals surface area contributed by atoms with Crippen LogP contribution in [0.15, 0.2) is 74.9 Å². The van der Waals surface area contributed by atoms with Crippen LogP contribution in [0, 0.1) is 0 Å². The standard InChI is InChI=1S/C19H17BrN2O3/c20-16-6-7-17(15(13-16)12-14-4-2-1-3-5-14)25-11-10-22-9-8-18(23)21-19(22)24/h1-9,13H,10-12H2,(H,21,23,24). The molecule has 0 atom stereocenters. The topological polar surface area (TPSA) is 64.1 Å². The summed E-state index contributed by atoms with van der Waals surface area (Å²) in [6.45, 7) is 0.686. The van der Waals surface area contributed by atoms with Crippen LogP contribution in [0.3, 0.4) is 0 Å². The molecule has 1 N–H and O–H groups in total. The number of benzene rings is 2. The molecule has 0 saturated carbocycles. The summed E-state index contributed by atoms with van der Waals surface area (Å²) in [5, 5.41) is 0. The van der Waals surface area contributed by atoms with Crippen LogP contribution in [0.25, 0.3) is 0 Å². The molecule has 0 fully saturated rings. The largest absolute Gasteiger partial charge is 0.491 e. The second-order valence-electron chi connectivity index (χ2n) is 5.57. The molecule has 2 aromatic carbocycles. The third-order valence-electron chi connectivity index (χ3n) is 3.75. The Balaban J connectivity index is 1.71. The van der Waals surface area contributed by atoms with E-state index in [9.17, 15) is 9.59 Å². The van der Waals surface area contributed by atoms with Gasteiger partial charge in [-0.15, -0.1) is 0 Å². The average molecular weight is 401 g/mol. The Labute approximate surface area is 153 Å². The van der Waals surface area contributed by atoms with E-state index in [0.717, 1.165) is 22.2 Å². The van der Waals surface area contributed by atoms with E-state index < -0.39 is 11.2 Å². The van der Waals surface area contributed by atoms with Gasteiger partial charge in [0.05, 0.1) is 6.54 Å². The Hall–Kier alpha value is -2.60. The summed E-state index contributed by atoms with van der Waals surface area (Å²) in [5.74, 6) is 0.782. The Morgan fingerprint density at radius 1 is 1.04 bits per heavy atom. The predicted molar refractivity (Wildman–Crippen MR) is 100 cm³/mol. The molecule has 25 heavy (non-hydrogen) atoms. The first-order valence-electron chi connectivity index (χ1n) is 7.87. The number of nitrogens with one attached hydrogen (secondary N) is 1. The first kappa shape index (κ1) is 17.2. The van der Waals surface area contributed by atoms with Gasteiger partial charge in [-0.2, -0.15) is 0 Å². The highest BCUT2D eigenvalue weighted by atomic mass is 79.9. The maximum absolute atomic E-state index is 11.7. The molecule has 1 heterocycles. The van der Waals surface area contributed by atoms with Crippen LogP contribution in [0.2, 0.25) is 0 Å². The number of aromatic amines is 1. The molecule has 128 valence electrons. The van der Waals surface area contributed by atoms with E-state index in [-0.39, 0.29) is 0 Å². The van der Waals surface area contributed by atoms with Crippen LogP contribution < -0.4 is 16.0 Å². The van der Waals surface area contributed by atoms with E-state index in [4.69, 9.17) is 4.74 Å². The third kappa shape index (κ3) is 4.70. The molecule has 0 saturated heterocycles. The number of halogens is 1. The molecular formula is C19H17BrN2O3. The van der Waals surface area contributed by atoms with Crippen molar-refractivity contribution in [3.05, 3.63) is 97.2 Å². The van der Waals surface area contributed by atoms with E-state index >= 15 is 0 Å². The van der Waals surface area contributed by atoms with Gasteiger partial charge in [0.1, 0.15) is 12.4 Å². The van der Waals surface area contributed by atoms with E-state index in [1.54, 1.807) is 0 Å². The molecule has 6 heteroatoms. The Morgan fingerprint density at radius 2 is 1.84 bits per heavy atom. The number of H-pyrrole nitrogens is 1. The summed E-state index contributed by atoms with van der Waals surface area (Å²) in [7, 11) is 0. The smallest absolute Gasteiger partial charge is 0.328 e. The van der Waals surface area contributed by atoms with E-state index in [2.05, 4.69) is 33.0 Å². The minimum atomic E-state index is -0.434. The molecule has 0 aliphatic heterocycles. The predicted octanol–water partition coefficient (Wildman–Crippen LogP) is 2.97. The first-order valence-corrected chi connectivity index (χ1v) is 8.66. The van der Waals surface area contributed by atoms with Gasteiger partial charge in [0.25, 0.3) is 5.56 Å². The highest BCUT2D eigenvalue weighted by molar-refractivity contribution is 9.10. The maximum atomic E-state index is 11.7. The lowest BCUT2D eigenvalue weighted by Gasteiger charge is -2.13. The number of rotatable bonds is 6. The Kier molecular flexibility index (Phi) is 5.50. The molecule has 0 spiro atoms. The van der Waals surface area contributed by atoms with Gasteiger partial charge >= 0.3 is 5.69 Å². The van der Waals surface area contributed by atoms with E-state index in [1.807, 2.05) is 36.4 Å². The molecule has 0 aliphatic carbocycles. The minimum absolute atomic E-state index is 0.329. The van der Waals surface area contributed by atoms with Crippen molar-refractivity contribution < 1.29 is 4.74 Å². The van der Waals surface area contributed by atoms with Crippen LogP contribution in [-0.4, -0.2) is 16.2 Å². The molecule has 0 unspecified atom stereocenters. The van der Waals surface area contributed by atoms with Crippen molar-refractivity contribution in [3.8, 4) is 5.75 Å². The normalized spacial score (nSPS) is 10.6. The monoisotopic (exact) mass is 400 g/mol. The van der Waals surface area contributed by atoms with Gasteiger partial charge < -0.3 is 4.74 Å². The summed E-state index contributed by atoms with van der Waals surface area (Å²) >= 11 is 3.50. The van der Waals surface area contributed by atoms with Gasteiger partial charge in [0, 0.05) is 23.2 Å².